The highest BCUT2D eigenvalue weighted by Crippen LogP contribution is 2.29. The molecule has 0 saturated carbocycles. The minimum Gasteiger partial charge on any atom is -0.460 e. The Balaban J connectivity index is 2.15. The fourth-order valence-corrected chi connectivity index (χ4v) is 2.21. The standard InChI is InChI=1S/C13H12BrN5O/c1-15-11-5-10(8-6-16-19(2)7-8)17-13(18-11)12-9(14)3-4-20-12/h3-7H,1-2H3,(H,15,17,18). The molecular weight excluding hydrogens is 322 g/mol. The van der Waals surface area contributed by atoms with Crippen molar-refractivity contribution in [1.82, 2.24) is 19.7 Å². The van der Waals surface area contributed by atoms with Gasteiger partial charge in [-0.15, -0.1) is 0 Å². The Bertz CT molecular complexity index is 749. The summed E-state index contributed by atoms with van der Waals surface area (Å²) in [6.07, 6.45) is 5.27. The number of anilines is 1. The summed E-state index contributed by atoms with van der Waals surface area (Å²) in [7, 11) is 3.68. The molecule has 1 N–H and O–H groups in total. The zero-order valence-electron chi connectivity index (χ0n) is 11.0. The van der Waals surface area contributed by atoms with Gasteiger partial charge in [0.1, 0.15) is 5.82 Å². The van der Waals surface area contributed by atoms with E-state index in [1.165, 1.54) is 0 Å². The van der Waals surface area contributed by atoms with Crippen molar-refractivity contribution in [3.8, 4) is 22.8 Å². The number of nitrogens with zero attached hydrogens (tertiary/aromatic N) is 4. The van der Waals surface area contributed by atoms with E-state index in [4.69, 9.17) is 4.42 Å². The Morgan fingerprint density at radius 3 is 2.80 bits per heavy atom. The van der Waals surface area contributed by atoms with Crippen molar-refractivity contribution < 1.29 is 4.42 Å². The third-order valence-corrected chi connectivity index (χ3v) is 3.43. The van der Waals surface area contributed by atoms with Crippen LogP contribution >= 0.6 is 15.9 Å². The largest absolute Gasteiger partial charge is 0.460 e. The maximum Gasteiger partial charge on any atom is 0.199 e. The van der Waals surface area contributed by atoms with Crippen LogP contribution in [0.3, 0.4) is 0 Å². The Kier molecular flexibility index (Phi) is 3.27. The summed E-state index contributed by atoms with van der Waals surface area (Å²) in [5, 5.41) is 7.19. The van der Waals surface area contributed by atoms with E-state index in [2.05, 4.69) is 36.3 Å². The molecule has 102 valence electrons. The lowest BCUT2D eigenvalue weighted by Gasteiger charge is -2.05. The first kappa shape index (κ1) is 12.9. The summed E-state index contributed by atoms with van der Waals surface area (Å²) < 4.78 is 7.98. The van der Waals surface area contributed by atoms with Gasteiger partial charge in [-0.1, -0.05) is 0 Å². The van der Waals surface area contributed by atoms with Gasteiger partial charge >= 0.3 is 0 Å². The topological polar surface area (TPSA) is 68.8 Å². The van der Waals surface area contributed by atoms with Crippen LogP contribution in [-0.2, 0) is 7.05 Å². The van der Waals surface area contributed by atoms with Crippen LogP contribution in [0.2, 0.25) is 0 Å². The second-order valence-electron chi connectivity index (χ2n) is 4.21. The molecule has 0 aliphatic heterocycles. The molecule has 0 aromatic carbocycles. The molecule has 0 unspecified atom stereocenters. The van der Waals surface area contributed by atoms with E-state index < -0.39 is 0 Å². The summed E-state index contributed by atoms with van der Waals surface area (Å²) in [6.45, 7) is 0. The molecule has 3 aromatic heterocycles. The second kappa shape index (κ2) is 5.09. The van der Waals surface area contributed by atoms with E-state index in [9.17, 15) is 0 Å². The number of nitrogens with one attached hydrogen (secondary N) is 1. The molecule has 0 saturated heterocycles. The number of hydrogen-bond donors (Lipinski definition) is 1. The average molecular weight is 334 g/mol. The van der Waals surface area contributed by atoms with E-state index in [-0.39, 0.29) is 0 Å². The number of hydrogen-bond acceptors (Lipinski definition) is 5. The van der Waals surface area contributed by atoms with Crippen molar-refractivity contribution >= 4 is 21.7 Å². The molecule has 7 heteroatoms. The normalized spacial score (nSPS) is 10.8. The Morgan fingerprint density at radius 2 is 2.20 bits per heavy atom. The van der Waals surface area contributed by atoms with Gasteiger partial charge in [0.2, 0.25) is 0 Å². The smallest absolute Gasteiger partial charge is 0.199 e. The molecule has 3 rings (SSSR count). The Hall–Kier alpha value is -2.15. The molecule has 0 aliphatic carbocycles. The minimum absolute atomic E-state index is 0.521. The predicted molar refractivity (Wildman–Crippen MR) is 79.2 cm³/mol. The second-order valence-corrected chi connectivity index (χ2v) is 5.07. The summed E-state index contributed by atoms with van der Waals surface area (Å²) in [4.78, 5) is 8.95. The van der Waals surface area contributed by atoms with Gasteiger partial charge < -0.3 is 9.73 Å². The van der Waals surface area contributed by atoms with Gasteiger partial charge in [-0.05, 0) is 22.0 Å². The van der Waals surface area contributed by atoms with Gasteiger partial charge in [0.15, 0.2) is 11.6 Å². The monoisotopic (exact) mass is 333 g/mol. The zero-order chi connectivity index (χ0) is 14.1. The minimum atomic E-state index is 0.521. The number of aromatic nitrogens is 4. The van der Waals surface area contributed by atoms with E-state index >= 15 is 0 Å². The van der Waals surface area contributed by atoms with E-state index in [1.54, 1.807) is 17.1 Å². The lowest BCUT2D eigenvalue weighted by atomic mass is 10.2. The van der Waals surface area contributed by atoms with Crippen LogP contribution in [0.25, 0.3) is 22.8 Å². The van der Waals surface area contributed by atoms with Crippen LogP contribution < -0.4 is 5.32 Å². The van der Waals surface area contributed by atoms with Crippen molar-refractivity contribution in [1.29, 1.82) is 0 Å². The van der Waals surface area contributed by atoms with Gasteiger partial charge in [0.05, 0.1) is 22.6 Å². The first-order valence-electron chi connectivity index (χ1n) is 5.96. The maximum absolute atomic E-state index is 5.43. The van der Waals surface area contributed by atoms with Crippen molar-refractivity contribution in [3.63, 3.8) is 0 Å². The zero-order valence-corrected chi connectivity index (χ0v) is 12.5. The molecular formula is C13H12BrN5O. The lowest BCUT2D eigenvalue weighted by molar-refractivity contribution is 0.576. The first-order valence-corrected chi connectivity index (χ1v) is 6.76. The van der Waals surface area contributed by atoms with Gasteiger partial charge in [-0.25, -0.2) is 9.97 Å². The first-order chi connectivity index (χ1) is 9.67. The molecule has 0 atom stereocenters. The number of rotatable bonds is 3. The van der Waals surface area contributed by atoms with Gasteiger partial charge in [-0.2, -0.15) is 5.10 Å². The average Bonchev–Trinajstić information content (AvgIpc) is 3.07. The van der Waals surface area contributed by atoms with Crippen LogP contribution in [0.15, 0.2) is 39.7 Å². The maximum atomic E-state index is 5.43. The molecule has 6 nitrogen and oxygen atoms in total. The molecule has 0 fully saturated rings. The summed E-state index contributed by atoms with van der Waals surface area (Å²) in [5.74, 6) is 1.84. The van der Waals surface area contributed by atoms with Crippen LogP contribution in [-0.4, -0.2) is 26.8 Å². The molecule has 0 radical (unpaired) electrons. The van der Waals surface area contributed by atoms with Crippen molar-refractivity contribution in [3.05, 3.63) is 35.3 Å². The predicted octanol–water partition coefficient (Wildman–Crippen LogP) is 2.94. The number of furan rings is 1. The van der Waals surface area contributed by atoms with Crippen molar-refractivity contribution in [2.24, 2.45) is 7.05 Å². The third-order valence-electron chi connectivity index (χ3n) is 2.80. The lowest BCUT2D eigenvalue weighted by Crippen LogP contribution is -1.98. The van der Waals surface area contributed by atoms with Crippen LogP contribution in [0.5, 0.6) is 0 Å². The Labute approximate surface area is 124 Å². The van der Waals surface area contributed by atoms with E-state index in [0.717, 1.165) is 21.5 Å². The van der Waals surface area contributed by atoms with Gasteiger partial charge in [0, 0.05) is 31.9 Å². The molecule has 0 spiro atoms. The van der Waals surface area contributed by atoms with Crippen LogP contribution in [0.1, 0.15) is 0 Å². The fourth-order valence-electron chi connectivity index (χ4n) is 1.83. The molecule has 0 amide bonds. The van der Waals surface area contributed by atoms with Crippen molar-refractivity contribution in [2.45, 2.75) is 0 Å². The molecule has 20 heavy (non-hydrogen) atoms. The molecule has 0 aliphatic rings. The third kappa shape index (κ3) is 2.32. The van der Waals surface area contributed by atoms with Gasteiger partial charge in [-0.3, -0.25) is 4.68 Å². The molecule has 3 aromatic rings. The summed E-state index contributed by atoms with van der Waals surface area (Å²) in [5.41, 5.74) is 1.71. The highest BCUT2D eigenvalue weighted by atomic mass is 79.9. The van der Waals surface area contributed by atoms with Crippen LogP contribution in [0.4, 0.5) is 5.82 Å². The summed E-state index contributed by atoms with van der Waals surface area (Å²) >= 11 is 3.42. The Morgan fingerprint density at radius 1 is 1.35 bits per heavy atom. The quantitative estimate of drug-likeness (QED) is 0.798. The van der Waals surface area contributed by atoms with Gasteiger partial charge in [0.25, 0.3) is 0 Å². The number of aryl methyl sites for hydroxylation is 1. The summed E-state index contributed by atoms with van der Waals surface area (Å²) in [6, 6.07) is 3.69. The van der Waals surface area contributed by atoms with Crippen LogP contribution in [0, 0.1) is 0 Å². The number of halogens is 1. The SMILES string of the molecule is CNc1cc(-c2cnn(C)c2)nc(-c2occc2Br)n1. The van der Waals surface area contributed by atoms with E-state index in [1.807, 2.05) is 32.4 Å². The highest BCUT2D eigenvalue weighted by molar-refractivity contribution is 9.10. The van der Waals surface area contributed by atoms with Crippen molar-refractivity contribution in [2.75, 3.05) is 12.4 Å². The molecule has 3 heterocycles. The fraction of sp³-hybridized carbons (Fsp3) is 0.154. The van der Waals surface area contributed by atoms with E-state index in [0.29, 0.717) is 11.6 Å². The highest BCUT2D eigenvalue weighted by Gasteiger charge is 2.14. The molecule has 0 bridgehead atoms.